The number of rotatable bonds is 5. The van der Waals surface area contributed by atoms with Gasteiger partial charge in [0.1, 0.15) is 0 Å². The van der Waals surface area contributed by atoms with Gasteiger partial charge in [0, 0.05) is 11.6 Å². The van der Waals surface area contributed by atoms with Crippen LogP contribution in [0.3, 0.4) is 0 Å². The van der Waals surface area contributed by atoms with Gasteiger partial charge in [-0.05, 0) is 49.2 Å². The van der Waals surface area contributed by atoms with Crippen LogP contribution in [0, 0.1) is 0 Å². The van der Waals surface area contributed by atoms with Gasteiger partial charge in [0.25, 0.3) is 5.89 Å². The second-order valence-corrected chi connectivity index (χ2v) is 8.76. The van der Waals surface area contributed by atoms with Gasteiger partial charge >= 0.3 is 5.97 Å². The van der Waals surface area contributed by atoms with Gasteiger partial charge in [-0.1, -0.05) is 18.2 Å². The third-order valence-electron chi connectivity index (χ3n) is 4.64. The van der Waals surface area contributed by atoms with Gasteiger partial charge in [0.15, 0.2) is 6.61 Å². The Morgan fingerprint density at radius 3 is 2.69 bits per heavy atom. The standard InChI is InChI=1S/C20H19N3O5S/c1-13-10-16-11-15(8-9-17(16)23(13)29(2,25)26)20(24)27-12-18-21-22-19(28-18)14-6-4-3-5-7-14/h3-9,11,13H,10,12H2,1-2H3/t13-/m0/s1. The van der Waals surface area contributed by atoms with E-state index < -0.39 is 16.0 Å². The highest BCUT2D eigenvalue weighted by Gasteiger charge is 2.33. The molecule has 1 atom stereocenters. The first kappa shape index (κ1) is 19.1. The van der Waals surface area contributed by atoms with Crippen LogP contribution in [-0.4, -0.2) is 36.9 Å². The van der Waals surface area contributed by atoms with Crippen LogP contribution in [-0.2, 0) is 27.8 Å². The molecule has 1 aliphatic heterocycles. The van der Waals surface area contributed by atoms with Crippen LogP contribution in [0.2, 0.25) is 0 Å². The van der Waals surface area contributed by atoms with Gasteiger partial charge in [-0.3, -0.25) is 4.31 Å². The second-order valence-electron chi connectivity index (χ2n) is 6.90. The highest BCUT2D eigenvalue weighted by Crippen LogP contribution is 2.34. The molecule has 2 aromatic carbocycles. The zero-order chi connectivity index (χ0) is 20.6. The van der Waals surface area contributed by atoms with Crippen LogP contribution in [0.1, 0.15) is 28.7 Å². The Morgan fingerprint density at radius 2 is 1.97 bits per heavy atom. The zero-order valence-corrected chi connectivity index (χ0v) is 16.7. The fourth-order valence-corrected chi connectivity index (χ4v) is 4.72. The van der Waals surface area contributed by atoms with E-state index in [1.54, 1.807) is 18.2 Å². The number of carbonyl (C=O) groups excluding carboxylic acids is 1. The van der Waals surface area contributed by atoms with E-state index in [1.807, 2.05) is 37.3 Å². The SMILES string of the molecule is C[C@H]1Cc2cc(C(=O)OCc3nnc(-c4ccccc4)o3)ccc2N1S(C)(=O)=O. The Bertz CT molecular complexity index is 1160. The first-order valence-electron chi connectivity index (χ1n) is 9.00. The van der Waals surface area contributed by atoms with Crippen LogP contribution >= 0.6 is 0 Å². The summed E-state index contributed by atoms with van der Waals surface area (Å²) in [4.78, 5) is 12.4. The first-order valence-corrected chi connectivity index (χ1v) is 10.8. The number of carbonyl (C=O) groups is 1. The third kappa shape index (κ3) is 3.86. The van der Waals surface area contributed by atoms with Gasteiger partial charge in [0.05, 0.1) is 17.5 Å². The van der Waals surface area contributed by atoms with Crippen molar-refractivity contribution in [1.29, 1.82) is 0 Å². The van der Waals surface area contributed by atoms with Crippen LogP contribution < -0.4 is 4.31 Å². The molecule has 0 radical (unpaired) electrons. The van der Waals surface area contributed by atoms with Gasteiger partial charge in [-0.2, -0.15) is 0 Å². The van der Waals surface area contributed by atoms with Crippen LogP contribution in [0.4, 0.5) is 5.69 Å². The van der Waals surface area contributed by atoms with E-state index in [0.29, 0.717) is 23.6 Å². The number of hydrogen-bond donors (Lipinski definition) is 0. The summed E-state index contributed by atoms with van der Waals surface area (Å²) in [6, 6.07) is 14.0. The van der Waals surface area contributed by atoms with E-state index in [0.717, 1.165) is 11.1 Å². The minimum atomic E-state index is -3.38. The second kappa shape index (κ2) is 7.32. The number of hydrogen-bond acceptors (Lipinski definition) is 7. The number of ether oxygens (including phenoxy) is 1. The number of sulfonamides is 1. The number of aromatic nitrogens is 2. The minimum absolute atomic E-state index is 0.151. The Morgan fingerprint density at radius 1 is 1.21 bits per heavy atom. The largest absolute Gasteiger partial charge is 0.452 e. The fourth-order valence-electron chi connectivity index (χ4n) is 3.46. The summed E-state index contributed by atoms with van der Waals surface area (Å²) in [7, 11) is -3.38. The van der Waals surface area contributed by atoms with E-state index in [1.165, 1.54) is 10.6 Å². The maximum Gasteiger partial charge on any atom is 0.338 e. The molecular weight excluding hydrogens is 394 g/mol. The highest BCUT2D eigenvalue weighted by molar-refractivity contribution is 7.92. The number of esters is 1. The van der Waals surface area contributed by atoms with Crippen molar-refractivity contribution in [3.63, 3.8) is 0 Å². The molecule has 0 amide bonds. The monoisotopic (exact) mass is 413 g/mol. The molecule has 0 bridgehead atoms. The van der Waals surface area contributed by atoms with Crippen molar-refractivity contribution in [2.45, 2.75) is 26.0 Å². The molecule has 4 rings (SSSR count). The maximum absolute atomic E-state index is 12.4. The lowest BCUT2D eigenvalue weighted by atomic mass is 10.1. The summed E-state index contributed by atoms with van der Waals surface area (Å²) >= 11 is 0. The first-order chi connectivity index (χ1) is 13.8. The Balaban J connectivity index is 1.45. The molecule has 0 saturated carbocycles. The topological polar surface area (TPSA) is 103 Å². The molecule has 0 fully saturated rings. The smallest absolute Gasteiger partial charge is 0.338 e. The molecule has 0 N–H and O–H groups in total. The molecule has 9 heteroatoms. The van der Waals surface area contributed by atoms with Gasteiger partial charge in [-0.15, -0.1) is 10.2 Å². The van der Waals surface area contributed by atoms with Crippen molar-refractivity contribution in [2.75, 3.05) is 10.6 Å². The van der Waals surface area contributed by atoms with Crippen molar-refractivity contribution in [2.24, 2.45) is 0 Å². The van der Waals surface area contributed by atoms with Crippen molar-refractivity contribution in [3.8, 4) is 11.5 Å². The lowest BCUT2D eigenvalue weighted by Gasteiger charge is -2.21. The van der Waals surface area contributed by atoms with Crippen molar-refractivity contribution in [1.82, 2.24) is 10.2 Å². The number of benzene rings is 2. The van der Waals surface area contributed by atoms with Crippen molar-refractivity contribution < 1.29 is 22.4 Å². The lowest BCUT2D eigenvalue weighted by Crippen LogP contribution is -2.34. The van der Waals surface area contributed by atoms with E-state index in [4.69, 9.17) is 9.15 Å². The average molecular weight is 413 g/mol. The Kier molecular flexibility index (Phi) is 4.83. The fraction of sp³-hybridized carbons (Fsp3) is 0.250. The molecular formula is C20H19N3O5S. The Labute approximate surface area is 168 Å². The van der Waals surface area contributed by atoms with Crippen LogP contribution in [0.25, 0.3) is 11.5 Å². The summed E-state index contributed by atoms with van der Waals surface area (Å²) < 4.78 is 36.2. The van der Waals surface area contributed by atoms with Gasteiger partial charge in [0.2, 0.25) is 15.9 Å². The highest BCUT2D eigenvalue weighted by atomic mass is 32.2. The van der Waals surface area contributed by atoms with Gasteiger partial charge in [-0.25, -0.2) is 13.2 Å². The van der Waals surface area contributed by atoms with E-state index in [9.17, 15) is 13.2 Å². The molecule has 8 nitrogen and oxygen atoms in total. The van der Waals surface area contributed by atoms with Crippen molar-refractivity contribution in [3.05, 3.63) is 65.5 Å². The summed E-state index contributed by atoms with van der Waals surface area (Å²) in [6.45, 7) is 1.68. The predicted octanol–water partition coefficient (Wildman–Crippen LogP) is 2.80. The predicted molar refractivity (Wildman–Crippen MR) is 106 cm³/mol. The molecule has 0 spiro atoms. The molecule has 0 unspecified atom stereocenters. The molecule has 1 aromatic heterocycles. The van der Waals surface area contributed by atoms with Crippen LogP contribution in [0.5, 0.6) is 0 Å². The summed E-state index contributed by atoms with van der Waals surface area (Å²) in [5, 5.41) is 7.85. The lowest BCUT2D eigenvalue weighted by molar-refractivity contribution is 0.0438. The maximum atomic E-state index is 12.4. The van der Waals surface area contributed by atoms with Gasteiger partial charge < -0.3 is 9.15 Å². The molecule has 0 aliphatic carbocycles. The molecule has 29 heavy (non-hydrogen) atoms. The van der Waals surface area contributed by atoms with Crippen LogP contribution in [0.15, 0.2) is 52.9 Å². The quantitative estimate of drug-likeness (QED) is 0.593. The molecule has 3 aromatic rings. The summed E-state index contributed by atoms with van der Waals surface area (Å²) in [5.41, 5.74) is 2.51. The molecule has 150 valence electrons. The number of anilines is 1. The number of nitrogens with zero attached hydrogens (tertiary/aromatic N) is 3. The normalized spacial score (nSPS) is 15.9. The minimum Gasteiger partial charge on any atom is -0.452 e. The molecule has 1 aliphatic rings. The van der Waals surface area contributed by atoms with E-state index in [-0.39, 0.29) is 18.5 Å². The number of fused-ring (bicyclic) bond motifs is 1. The Hall–Kier alpha value is -3.20. The van der Waals surface area contributed by atoms with Crippen molar-refractivity contribution >= 4 is 21.7 Å². The molecule has 0 saturated heterocycles. The molecule has 2 heterocycles. The zero-order valence-electron chi connectivity index (χ0n) is 15.9. The van der Waals surface area contributed by atoms with E-state index >= 15 is 0 Å². The third-order valence-corrected chi connectivity index (χ3v) is 5.91. The summed E-state index contributed by atoms with van der Waals surface area (Å²) in [6.07, 6.45) is 1.71. The average Bonchev–Trinajstić information content (AvgIpc) is 3.29. The van der Waals surface area contributed by atoms with E-state index in [2.05, 4.69) is 10.2 Å². The summed E-state index contributed by atoms with van der Waals surface area (Å²) in [5.74, 6) is -0.00279.